The Morgan fingerprint density at radius 1 is 1.31 bits per heavy atom. The van der Waals surface area contributed by atoms with Gasteiger partial charge in [-0.3, -0.25) is 4.79 Å². The average Bonchev–Trinajstić information content (AvgIpc) is 3.42. The van der Waals surface area contributed by atoms with E-state index in [4.69, 9.17) is 9.47 Å². The molecule has 1 fully saturated rings. The van der Waals surface area contributed by atoms with Gasteiger partial charge in [0.15, 0.2) is 5.17 Å². The van der Waals surface area contributed by atoms with Crippen molar-refractivity contribution in [2.24, 2.45) is 4.99 Å². The summed E-state index contributed by atoms with van der Waals surface area (Å²) < 4.78 is 11.0. The van der Waals surface area contributed by atoms with Crippen molar-refractivity contribution >= 4 is 28.8 Å². The highest BCUT2D eigenvalue weighted by Gasteiger charge is 2.41. The van der Waals surface area contributed by atoms with Gasteiger partial charge in [-0.2, -0.15) is 0 Å². The second-order valence-electron chi connectivity index (χ2n) is 8.09. The molecule has 3 heterocycles. The van der Waals surface area contributed by atoms with E-state index in [-0.39, 0.29) is 31.0 Å². The second-order valence-corrected chi connectivity index (χ2v) is 8.92. The fraction of sp³-hybridized carbons (Fsp3) is 0.458. The van der Waals surface area contributed by atoms with Gasteiger partial charge in [0.1, 0.15) is 0 Å². The Balaban J connectivity index is 1.61. The number of nitrogens with one attached hydrogen (secondary N) is 1. The highest BCUT2D eigenvalue weighted by molar-refractivity contribution is 8.16. The van der Waals surface area contributed by atoms with E-state index in [1.54, 1.807) is 6.92 Å². The lowest BCUT2D eigenvalue weighted by Crippen LogP contribution is -2.39. The third-order valence-electron chi connectivity index (χ3n) is 5.87. The SMILES string of the molecule is CCOC(=O)C1=C(C)N=C2SC=C(CC(=O)NC[C@H]3CCCO3)N2[C@H]1c1ccccc1C. The van der Waals surface area contributed by atoms with Crippen LogP contribution in [-0.4, -0.2) is 47.8 Å². The number of fused-ring (bicyclic) bond motifs is 1. The summed E-state index contributed by atoms with van der Waals surface area (Å²) >= 11 is 1.48. The largest absolute Gasteiger partial charge is 0.463 e. The summed E-state index contributed by atoms with van der Waals surface area (Å²) in [7, 11) is 0. The van der Waals surface area contributed by atoms with Crippen molar-refractivity contribution in [3.05, 3.63) is 57.8 Å². The van der Waals surface area contributed by atoms with E-state index in [1.165, 1.54) is 11.8 Å². The molecule has 170 valence electrons. The van der Waals surface area contributed by atoms with Crippen molar-refractivity contribution in [1.29, 1.82) is 0 Å². The molecule has 0 saturated carbocycles. The van der Waals surface area contributed by atoms with Crippen LogP contribution < -0.4 is 5.32 Å². The maximum absolute atomic E-state index is 13.0. The number of thioether (sulfide) groups is 1. The Morgan fingerprint density at radius 3 is 2.84 bits per heavy atom. The monoisotopic (exact) mass is 455 g/mol. The zero-order valence-corrected chi connectivity index (χ0v) is 19.5. The van der Waals surface area contributed by atoms with Gasteiger partial charge < -0.3 is 19.7 Å². The minimum Gasteiger partial charge on any atom is -0.463 e. The number of ether oxygens (including phenoxy) is 2. The molecule has 1 aromatic rings. The number of aryl methyl sites for hydroxylation is 1. The fourth-order valence-electron chi connectivity index (χ4n) is 4.29. The molecule has 2 atom stereocenters. The van der Waals surface area contributed by atoms with Gasteiger partial charge in [-0.1, -0.05) is 36.0 Å². The van der Waals surface area contributed by atoms with Crippen molar-refractivity contribution in [3.8, 4) is 0 Å². The van der Waals surface area contributed by atoms with Gasteiger partial charge in [-0.15, -0.1) is 0 Å². The molecule has 0 aromatic heterocycles. The second kappa shape index (κ2) is 9.92. The zero-order chi connectivity index (χ0) is 22.7. The molecule has 8 heteroatoms. The van der Waals surface area contributed by atoms with Gasteiger partial charge in [0.2, 0.25) is 5.91 Å². The van der Waals surface area contributed by atoms with E-state index in [9.17, 15) is 9.59 Å². The molecule has 4 rings (SSSR count). The summed E-state index contributed by atoms with van der Waals surface area (Å²) in [4.78, 5) is 32.4. The Kier molecular flexibility index (Phi) is 7.01. The lowest BCUT2D eigenvalue weighted by molar-refractivity contribution is -0.139. The van der Waals surface area contributed by atoms with Crippen LogP contribution in [0.25, 0.3) is 0 Å². The molecule has 32 heavy (non-hydrogen) atoms. The fourth-order valence-corrected chi connectivity index (χ4v) is 5.25. The number of hydrogen-bond donors (Lipinski definition) is 1. The number of carbonyl (C=O) groups is 2. The van der Waals surface area contributed by atoms with Crippen LogP contribution in [0.4, 0.5) is 0 Å². The van der Waals surface area contributed by atoms with E-state index < -0.39 is 6.04 Å². The van der Waals surface area contributed by atoms with Crippen LogP contribution >= 0.6 is 11.8 Å². The van der Waals surface area contributed by atoms with Crippen LogP contribution in [0.1, 0.15) is 50.3 Å². The molecular formula is C24H29N3O4S. The molecule has 1 N–H and O–H groups in total. The van der Waals surface area contributed by atoms with Gasteiger partial charge in [-0.25, -0.2) is 9.79 Å². The number of nitrogens with zero attached hydrogens (tertiary/aromatic N) is 2. The molecule has 0 radical (unpaired) electrons. The maximum atomic E-state index is 13.0. The summed E-state index contributed by atoms with van der Waals surface area (Å²) in [5.41, 5.74) is 4.04. The Hall–Kier alpha value is -2.58. The number of aliphatic imine (C=N–C) groups is 1. The van der Waals surface area contributed by atoms with E-state index in [0.717, 1.165) is 41.4 Å². The van der Waals surface area contributed by atoms with Crippen LogP contribution in [0.15, 0.2) is 51.6 Å². The highest BCUT2D eigenvalue weighted by Crippen LogP contribution is 2.45. The lowest BCUT2D eigenvalue weighted by Gasteiger charge is -2.37. The minimum absolute atomic E-state index is 0.0684. The standard InChI is InChI=1S/C24H29N3O4S/c1-4-30-23(29)21-16(3)26-24-27(22(21)19-10-6-5-8-15(19)2)17(14-32-24)12-20(28)25-13-18-9-7-11-31-18/h5-6,8,10,14,18,22H,4,7,9,11-13H2,1-3H3,(H,25,28)/t18-,22+/m1/s1. The van der Waals surface area contributed by atoms with E-state index in [1.807, 2.05) is 48.4 Å². The zero-order valence-electron chi connectivity index (χ0n) is 18.7. The molecule has 1 aromatic carbocycles. The van der Waals surface area contributed by atoms with Gasteiger partial charge >= 0.3 is 5.97 Å². The molecule has 3 aliphatic rings. The van der Waals surface area contributed by atoms with Crippen LogP contribution in [-0.2, 0) is 19.1 Å². The molecule has 0 bridgehead atoms. The van der Waals surface area contributed by atoms with Gasteiger partial charge in [-0.05, 0) is 50.1 Å². The maximum Gasteiger partial charge on any atom is 0.338 e. The summed E-state index contributed by atoms with van der Waals surface area (Å²) in [5.74, 6) is -0.443. The van der Waals surface area contributed by atoms with Crippen molar-refractivity contribution in [1.82, 2.24) is 10.2 Å². The molecule has 1 amide bonds. The lowest BCUT2D eigenvalue weighted by atomic mass is 9.91. The normalized spacial score (nSPS) is 22.4. The Labute approximate surface area is 192 Å². The van der Waals surface area contributed by atoms with Crippen molar-refractivity contribution in [2.45, 2.75) is 52.2 Å². The van der Waals surface area contributed by atoms with E-state index in [2.05, 4.69) is 10.3 Å². The summed E-state index contributed by atoms with van der Waals surface area (Å²) in [6, 6.07) is 7.60. The van der Waals surface area contributed by atoms with Crippen molar-refractivity contribution in [3.63, 3.8) is 0 Å². The molecule has 0 unspecified atom stereocenters. The van der Waals surface area contributed by atoms with Crippen LogP contribution in [0.5, 0.6) is 0 Å². The first-order valence-electron chi connectivity index (χ1n) is 11.0. The number of amides is 1. The van der Waals surface area contributed by atoms with Crippen LogP contribution in [0, 0.1) is 6.92 Å². The summed E-state index contributed by atoms with van der Waals surface area (Å²) in [5, 5.41) is 5.72. The topological polar surface area (TPSA) is 80.2 Å². The smallest absolute Gasteiger partial charge is 0.338 e. The number of benzene rings is 1. The van der Waals surface area contributed by atoms with Crippen LogP contribution in [0.2, 0.25) is 0 Å². The van der Waals surface area contributed by atoms with Gasteiger partial charge in [0, 0.05) is 18.8 Å². The molecule has 7 nitrogen and oxygen atoms in total. The average molecular weight is 456 g/mol. The van der Waals surface area contributed by atoms with Gasteiger partial charge in [0.05, 0.1) is 36.4 Å². The van der Waals surface area contributed by atoms with E-state index >= 15 is 0 Å². The number of esters is 1. The first-order chi connectivity index (χ1) is 15.5. The minimum atomic E-state index is -0.394. The van der Waals surface area contributed by atoms with Gasteiger partial charge in [0.25, 0.3) is 0 Å². The van der Waals surface area contributed by atoms with Crippen molar-refractivity contribution < 1.29 is 19.1 Å². The summed E-state index contributed by atoms with van der Waals surface area (Å²) in [6.07, 6.45) is 2.31. The van der Waals surface area contributed by atoms with E-state index in [0.29, 0.717) is 17.8 Å². The quantitative estimate of drug-likeness (QED) is 0.630. The predicted molar refractivity (Wildman–Crippen MR) is 125 cm³/mol. The molecular weight excluding hydrogens is 426 g/mol. The number of carbonyl (C=O) groups excluding carboxylic acids is 2. The number of rotatable bonds is 7. The third-order valence-corrected chi connectivity index (χ3v) is 6.76. The third kappa shape index (κ3) is 4.61. The Bertz CT molecular complexity index is 995. The number of amidine groups is 1. The van der Waals surface area contributed by atoms with Crippen molar-refractivity contribution in [2.75, 3.05) is 19.8 Å². The number of hydrogen-bond acceptors (Lipinski definition) is 7. The first-order valence-corrected chi connectivity index (χ1v) is 11.9. The van der Waals surface area contributed by atoms with Crippen LogP contribution in [0.3, 0.4) is 0 Å². The highest BCUT2D eigenvalue weighted by atomic mass is 32.2. The number of allylic oxidation sites excluding steroid dienone is 1. The molecule has 3 aliphatic heterocycles. The first kappa shape index (κ1) is 22.6. The summed E-state index contributed by atoms with van der Waals surface area (Å²) in [6.45, 7) is 7.23. The molecule has 1 saturated heterocycles. The predicted octanol–water partition coefficient (Wildman–Crippen LogP) is 3.82. The molecule has 0 aliphatic carbocycles. The Morgan fingerprint density at radius 2 is 2.12 bits per heavy atom. The molecule has 0 spiro atoms.